The van der Waals surface area contributed by atoms with Crippen LogP contribution < -0.4 is 4.74 Å². The van der Waals surface area contributed by atoms with Crippen molar-refractivity contribution < 1.29 is 14.3 Å². The minimum atomic E-state index is 0.0314. The Morgan fingerprint density at radius 3 is 2.33 bits per heavy atom. The molecule has 6 heteroatoms. The molecule has 0 N–H and O–H groups in total. The van der Waals surface area contributed by atoms with Crippen molar-refractivity contribution in [3.63, 3.8) is 0 Å². The Labute approximate surface area is 197 Å². The highest BCUT2D eigenvalue weighted by molar-refractivity contribution is 5.94. The number of aromatic nitrogens is 1. The zero-order chi connectivity index (χ0) is 23.4. The van der Waals surface area contributed by atoms with Crippen molar-refractivity contribution in [1.29, 1.82) is 0 Å². The van der Waals surface area contributed by atoms with E-state index in [0.29, 0.717) is 11.3 Å². The lowest BCUT2D eigenvalue weighted by Gasteiger charge is -2.38. The van der Waals surface area contributed by atoms with Gasteiger partial charge in [-0.3, -0.25) is 9.59 Å². The molecule has 2 aliphatic rings. The molecule has 0 bridgehead atoms. The van der Waals surface area contributed by atoms with Gasteiger partial charge in [-0.25, -0.2) is 0 Å². The maximum atomic E-state index is 13.4. The lowest BCUT2D eigenvalue weighted by Crippen LogP contribution is -2.49. The summed E-state index contributed by atoms with van der Waals surface area (Å²) < 4.78 is 7.91. The van der Waals surface area contributed by atoms with Gasteiger partial charge in [0.2, 0.25) is 0 Å². The van der Waals surface area contributed by atoms with E-state index >= 15 is 0 Å². The second-order valence-electron chi connectivity index (χ2n) is 9.65. The summed E-state index contributed by atoms with van der Waals surface area (Å²) in [5.41, 5.74) is 1.85. The number of carbonyl (C=O) groups is 2. The van der Waals surface area contributed by atoms with Crippen LogP contribution in [0.15, 0.2) is 42.6 Å². The van der Waals surface area contributed by atoms with Gasteiger partial charge < -0.3 is 19.1 Å². The Hall–Kier alpha value is -2.76. The van der Waals surface area contributed by atoms with Crippen LogP contribution in [-0.4, -0.2) is 51.4 Å². The fraction of sp³-hybridized carbons (Fsp3) is 0.556. The Morgan fingerprint density at radius 2 is 1.67 bits per heavy atom. The van der Waals surface area contributed by atoms with Gasteiger partial charge in [-0.05, 0) is 82.3 Å². The highest BCUT2D eigenvalue weighted by atomic mass is 16.5. The molecule has 0 saturated carbocycles. The van der Waals surface area contributed by atoms with Crippen molar-refractivity contribution in [2.24, 2.45) is 7.05 Å². The molecule has 0 radical (unpaired) electrons. The quantitative estimate of drug-likeness (QED) is 0.646. The smallest absolute Gasteiger partial charge is 0.260 e. The number of rotatable bonds is 5. The third-order valence-corrected chi connectivity index (χ3v) is 7.28. The Morgan fingerprint density at radius 1 is 0.939 bits per heavy atom. The molecule has 4 rings (SSSR count). The van der Waals surface area contributed by atoms with E-state index in [1.807, 2.05) is 41.2 Å². The summed E-state index contributed by atoms with van der Waals surface area (Å²) in [4.78, 5) is 30.2. The van der Waals surface area contributed by atoms with Gasteiger partial charge in [0.15, 0.2) is 6.61 Å². The number of likely N-dealkylation sites (tertiary alicyclic amines) is 2. The van der Waals surface area contributed by atoms with Gasteiger partial charge in [-0.15, -0.1) is 0 Å². The van der Waals surface area contributed by atoms with Gasteiger partial charge >= 0.3 is 0 Å². The molecule has 178 valence electrons. The minimum absolute atomic E-state index is 0.0314. The highest BCUT2D eigenvalue weighted by Gasteiger charge is 2.30. The third kappa shape index (κ3) is 5.26. The molecular weight excluding hydrogens is 414 g/mol. The van der Waals surface area contributed by atoms with Crippen molar-refractivity contribution in [2.45, 2.75) is 76.9 Å². The largest absolute Gasteiger partial charge is 0.484 e. The second kappa shape index (κ2) is 10.4. The summed E-state index contributed by atoms with van der Waals surface area (Å²) in [7, 11) is 2.04. The van der Waals surface area contributed by atoms with E-state index in [9.17, 15) is 9.59 Å². The van der Waals surface area contributed by atoms with E-state index in [2.05, 4.69) is 24.5 Å². The van der Waals surface area contributed by atoms with Gasteiger partial charge in [-0.1, -0.05) is 12.8 Å². The molecule has 6 nitrogen and oxygen atoms in total. The zero-order valence-electron chi connectivity index (χ0n) is 20.2. The van der Waals surface area contributed by atoms with Crippen LogP contribution in [0, 0.1) is 0 Å². The Kier molecular flexibility index (Phi) is 7.41. The van der Waals surface area contributed by atoms with Crippen LogP contribution in [-0.2, 0) is 11.8 Å². The average molecular weight is 452 g/mol. The number of piperidine rings is 1. The van der Waals surface area contributed by atoms with E-state index < -0.39 is 0 Å². The predicted octanol–water partition coefficient (Wildman–Crippen LogP) is 4.95. The highest BCUT2D eigenvalue weighted by Crippen LogP contribution is 2.32. The van der Waals surface area contributed by atoms with Gasteiger partial charge in [0.1, 0.15) is 5.75 Å². The van der Waals surface area contributed by atoms with E-state index in [4.69, 9.17) is 4.74 Å². The summed E-state index contributed by atoms with van der Waals surface area (Å²) in [5, 5.41) is 0. The maximum Gasteiger partial charge on any atom is 0.260 e. The van der Waals surface area contributed by atoms with Crippen LogP contribution in [0.3, 0.4) is 0 Å². The summed E-state index contributed by atoms with van der Waals surface area (Å²) in [5.74, 6) is 0.707. The fourth-order valence-electron chi connectivity index (χ4n) is 5.47. The van der Waals surface area contributed by atoms with Crippen LogP contribution in [0.25, 0.3) is 0 Å². The number of amides is 2. The van der Waals surface area contributed by atoms with Crippen molar-refractivity contribution in [3.8, 4) is 5.75 Å². The van der Waals surface area contributed by atoms with Crippen LogP contribution in [0.4, 0.5) is 0 Å². The first-order chi connectivity index (χ1) is 16.0. The van der Waals surface area contributed by atoms with E-state index in [-0.39, 0.29) is 36.5 Å². The number of carbonyl (C=O) groups excluding carboxylic acids is 2. The van der Waals surface area contributed by atoms with Crippen molar-refractivity contribution in [3.05, 3.63) is 53.9 Å². The molecule has 1 aromatic carbocycles. The molecule has 0 spiro atoms. The Bertz CT molecular complexity index is 942. The number of hydrogen-bond donors (Lipinski definition) is 0. The molecule has 2 saturated heterocycles. The molecule has 2 aromatic rings. The summed E-state index contributed by atoms with van der Waals surface area (Å²) in [6, 6.07) is 12.0. The van der Waals surface area contributed by atoms with Crippen molar-refractivity contribution in [2.75, 3.05) is 13.2 Å². The summed E-state index contributed by atoms with van der Waals surface area (Å²) in [6.07, 6.45) is 9.62. The van der Waals surface area contributed by atoms with Gasteiger partial charge in [0.05, 0.1) is 6.04 Å². The topological polar surface area (TPSA) is 54.8 Å². The molecule has 2 fully saturated rings. The van der Waals surface area contributed by atoms with E-state index in [0.717, 1.165) is 45.1 Å². The standard InChI is InChI=1S/C27H37N3O3/c1-20-9-7-10-21(2)30(20)26(31)19-33-23-15-13-22(14-16-23)27(32)29-18-6-4-5-11-25(29)24-12-8-17-28(24)3/h8,12-17,20-21,25H,4-7,9-11,18-19H2,1-3H3. The van der Waals surface area contributed by atoms with Crippen LogP contribution in [0.5, 0.6) is 5.75 Å². The molecule has 3 atom stereocenters. The average Bonchev–Trinajstić information content (AvgIpc) is 3.08. The van der Waals surface area contributed by atoms with E-state index in [1.165, 1.54) is 12.1 Å². The normalized spacial score (nSPS) is 23.8. The molecule has 2 aliphatic heterocycles. The molecular formula is C27H37N3O3. The third-order valence-electron chi connectivity index (χ3n) is 7.28. The van der Waals surface area contributed by atoms with Gasteiger partial charge in [-0.2, -0.15) is 0 Å². The molecule has 2 amide bonds. The number of aryl methyl sites for hydroxylation is 1. The van der Waals surface area contributed by atoms with Crippen LogP contribution >= 0.6 is 0 Å². The van der Waals surface area contributed by atoms with Crippen molar-refractivity contribution >= 4 is 11.8 Å². The zero-order valence-corrected chi connectivity index (χ0v) is 20.2. The molecule has 3 unspecified atom stereocenters. The monoisotopic (exact) mass is 451 g/mol. The predicted molar refractivity (Wildman–Crippen MR) is 129 cm³/mol. The number of benzene rings is 1. The van der Waals surface area contributed by atoms with Crippen LogP contribution in [0.2, 0.25) is 0 Å². The minimum Gasteiger partial charge on any atom is -0.484 e. The molecule has 0 aliphatic carbocycles. The summed E-state index contributed by atoms with van der Waals surface area (Å²) in [6.45, 7) is 5.02. The molecule has 33 heavy (non-hydrogen) atoms. The van der Waals surface area contributed by atoms with Crippen molar-refractivity contribution in [1.82, 2.24) is 14.4 Å². The second-order valence-corrected chi connectivity index (χ2v) is 9.65. The van der Waals surface area contributed by atoms with Crippen LogP contribution in [0.1, 0.15) is 80.9 Å². The lowest BCUT2D eigenvalue weighted by atomic mass is 9.97. The number of nitrogens with zero attached hydrogens (tertiary/aromatic N) is 3. The first-order valence-electron chi connectivity index (χ1n) is 12.4. The van der Waals surface area contributed by atoms with Gasteiger partial charge in [0.25, 0.3) is 11.8 Å². The van der Waals surface area contributed by atoms with E-state index in [1.54, 1.807) is 12.1 Å². The first-order valence-corrected chi connectivity index (χ1v) is 12.4. The number of hydrogen-bond acceptors (Lipinski definition) is 3. The molecule has 3 heterocycles. The SMILES string of the molecule is CC1CCCC(C)N1C(=O)COc1ccc(C(=O)N2CCCCCC2c2cccn2C)cc1. The number of ether oxygens (including phenoxy) is 1. The first kappa shape index (κ1) is 23.4. The maximum absolute atomic E-state index is 13.4. The van der Waals surface area contributed by atoms with Gasteiger partial charge in [0, 0.05) is 43.1 Å². The molecule has 1 aromatic heterocycles. The fourth-order valence-corrected chi connectivity index (χ4v) is 5.47. The Balaban J connectivity index is 1.41. The lowest BCUT2D eigenvalue weighted by molar-refractivity contribution is -0.139. The summed E-state index contributed by atoms with van der Waals surface area (Å²) >= 11 is 0.